The molecule has 5 nitrogen and oxygen atoms in total. The molecule has 1 aliphatic heterocycles. The number of nitrogens with two attached hydrogens (primary N) is 1. The number of aryl methyl sites for hydroxylation is 2. The Morgan fingerprint density at radius 1 is 1.42 bits per heavy atom. The molecule has 2 aromatic rings. The Bertz CT molecular complexity index is 659. The molecule has 1 aromatic heterocycles. The highest BCUT2D eigenvalue weighted by Crippen LogP contribution is 2.34. The van der Waals surface area contributed by atoms with Crippen LogP contribution in [0.1, 0.15) is 21.6 Å². The summed E-state index contributed by atoms with van der Waals surface area (Å²) in [4.78, 5) is 14.4. The van der Waals surface area contributed by atoms with Crippen LogP contribution in [-0.4, -0.2) is 22.2 Å². The monoisotopic (exact) mass is 256 g/mol. The second-order valence-electron chi connectivity index (χ2n) is 4.86. The van der Waals surface area contributed by atoms with Gasteiger partial charge in [0.25, 0.3) is 5.91 Å². The van der Waals surface area contributed by atoms with Crippen LogP contribution in [0.2, 0.25) is 0 Å². The summed E-state index contributed by atoms with van der Waals surface area (Å²) in [7, 11) is 1.82. The quantitative estimate of drug-likeness (QED) is 0.787. The van der Waals surface area contributed by atoms with Crippen LogP contribution < -0.4 is 10.6 Å². The van der Waals surface area contributed by atoms with Crippen molar-refractivity contribution < 1.29 is 4.79 Å². The minimum atomic E-state index is -0.0257. The van der Waals surface area contributed by atoms with Gasteiger partial charge in [-0.2, -0.15) is 5.10 Å². The molecule has 0 saturated carbocycles. The summed E-state index contributed by atoms with van der Waals surface area (Å²) in [5, 5.41) is 4.22. The van der Waals surface area contributed by atoms with E-state index in [1.165, 1.54) is 0 Å². The Hall–Kier alpha value is -2.30. The molecular weight excluding hydrogens is 240 g/mol. The average molecular weight is 256 g/mol. The minimum absolute atomic E-state index is 0.0257. The van der Waals surface area contributed by atoms with Gasteiger partial charge < -0.3 is 10.6 Å². The number of amides is 1. The molecule has 1 aromatic carbocycles. The lowest BCUT2D eigenvalue weighted by Crippen LogP contribution is -2.29. The van der Waals surface area contributed by atoms with Crippen LogP contribution in [0.3, 0.4) is 0 Å². The Balaban J connectivity index is 2.02. The Kier molecular flexibility index (Phi) is 2.55. The smallest absolute Gasteiger partial charge is 0.261 e. The zero-order valence-corrected chi connectivity index (χ0v) is 11.1. The van der Waals surface area contributed by atoms with Crippen molar-refractivity contribution in [2.75, 3.05) is 17.2 Å². The zero-order valence-electron chi connectivity index (χ0n) is 11.1. The molecule has 0 spiro atoms. The van der Waals surface area contributed by atoms with Crippen LogP contribution in [0.25, 0.3) is 0 Å². The Morgan fingerprint density at radius 3 is 2.89 bits per heavy atom. The van der Waals surface area contributed by atoms with Crippen LogP contribution in [0.4, 0.5) is 11.4 Å². The van der Waals surface area contributed by atoms with Gasteiger partial charge >= 0.3 is 0 Å². The van der Waals surface area contributed by atoms with E-state index in [-0.39, 0.29) is 5.91 Å². The van der Waals surface area contributed by atoms with E-state index in [1.54, 1.807) is 15.8 Å². The number of carbonyl (C=O) groups is 1. The first kappa shape index (κ1) is 11.8. The highest BCUT2D eigenvalue weighted by Gasteiger charge is 2.28. The predicted molar refractivity (Wildman–Crippen MR) is 74.2 cm³/mol. The fourth-order valence-corrected chi connectivity index (χ4v) is 2.64. The van der Waals surface area contributed by atoms with E-state index in [0.29, 0.717) is 17.8 Å². The summed E-state index contributed by atoms with van der Waals surface area (Å²) >= 11 is 0. The normalized spacial score (nSPS) is 13.7. The van der Waals surface area contributed by atoms with E-state index in [4.69, 9.17) is 5.73 Å². The first-order chi connectivity index (χ1) is 9.08. The second-order valence-corrected chi connectivity index (χ2v) is 4.86. The van der Waals surface area contributed by atoms with E-state index >= 15 is 0 Å². The van der Waals surface area contributed by atoms with E-state index in [2.05, 4.69) is 5.10 Å². The van der Waals surface area contributed by atoms with Gasteiger partial charge in [-0.15, -0.1) is 0 Å². The number of benzene rings is 1. The molecule has 98 valence electrons. The van der Waals surface area contributed by atoms with Gasteiger partial charge in [-0.05, 0) is 25.0 Å². The van der Waals surface area contributed by atoms with Crippen LogP contribution in [0, 0.1) is 6.92 Å². The summed E-state index contributed by atoms with van der Waals surface area (Å²) in [5.41, 5.74) is 10.0. The van der Waals surface area contributed by atoms with Crippen LogP contribution in [0.15, 0.2) is 24.4 Å². The number of hydrogen-bond acceptors (Lipinski definition) is 3. The van der Waals surface area contributed by atoms with E-state index < -0.39 is 0 Å². The lowest BCUT2D eigenvalue weighted by molar-refractivity contribution is 0.0989. The first-order valence-electron chi connectivity index (χ1n) is 6.27. The molecular formula is C14H16N4O. The fraction of sp³-hybridized carbons (Fsp3) is 0.286. The molecule has 1 aliphatic rings. The van der Waals surface area contributed by atoms with Crippen LogP contribution in [0.5, 0.6) is 0 Å². The van der Waals surface area contributed by atoms with Gasteiger partial charge in [0.1, 0.15) is 0 Å². The molecule has 2 N–H and O–H groups in total. The highest BCUT2D eigenvalue weighted by molar-refractivity contribution is 6.09. The molecule has 2 heterocycles. The number of carbonyl (C=O) groups excluding carboxylic acids is 1. The first-order valence-corrected chi connectivity index (χ1v) is 6.27. The van der Waals surface area contributed by atoms with E-state index in [1.807, 2.05) is 32.2 Å². The standard InChI is InChI=1S/C14H16N4O/c1-9-11(8-17(2)16-9)14(19)18-7-6-10-4-3-5-12(15)13(10)18/h3-5,8H,6-7,15H2,1-2H3. The van der Waals surface area contributed by atoms with Crippen molar-refractivity contribution in [2.24, 2.45) is 7.05 Å². The molecule has 5 heteroatoms. The molecule has 0 saturated heterocycles. The summed E-state index contributed by atoms with van der Waals surface area (Å²) < 4.78 is 1.66. The van der Waals surface area contributed by atoms with Crippen molar-refractivity contribution in [2.45, 2.75) is 13.3 Å². The highest BCUT2D eigenvalue weighted by atomic mass is 16.2. The summed E-state index contributed by atoms with van der Waals surface area (Å²) in [6.07, 6.45) is 2.61. The molecule has 0 bridgehead atoms. The van der Waals surface area contributed by atoms with Gasteiger partial charge in [-0.25, -0.2) is 0 Å². The van der Waals surface area contributed by atoms with Crippen molar-refractivity contribution in [1.82, 2.24) is 9.78 Å². The number of para-hydroxylation sites is 1. The summed E-state index contributed by atoms with van der Waals surface area (Å²) in [5.74, 6) is -0.0257. The fourth-order valence-electron chi connectivity index (χ4n) is 2.64. The largest absolute Gasteiger partial charge is 0.397 e. The summed E-state index contributed by atoms with van der Waals surface area (Å²) in [6.45, 7) is 2.52. The average Bonchev–Trinajstić information content (AvgIpc) is 2.93. The van der Waals surface area contributed by atoms with Gasteiger partial charge in [0, 0.05) is 19.8 Å². The lowest BCUT2D eigenvalue weighted by Gasteiger charge is -2.18. The van der Waals surface area contributed by atoms with Crippen molar-refractivity contribution in [1.29, 1.82) is 0 Å². The van der Waals surface area contributed by atoms with Gasteiger partial charge in [-0.1, -0.05) is 12.1 Å². The lowest BCUT2D eigenvalue weighted by atomic mass is 10.1. The second kappa shape index (κ2) is 4.12. The Labute approximate surface area is 111 Å². The molecule has 0 fully saturated rings. The van der Waals surface area contributed by atoms with Crippen LogP contribution in [-0.2, 0) is 13.5 Å². The van der Waals surface area contributed by atoms with Crippen molar-refractivity contribution in [3.8, 4) is 0 Å². The number of nitrogens with zero attached hydrogens (tertiary/aromatic N) is 3. The molecule has 0 atom stereocenters. The molecule has 3 rings (SSSR count). The maximum Gasteiger partial charge on any atom is 0.261 e. The minimum Gasteiger partial charge on any atom is -0.397 e. The third-order valence-corrected chi connectivity index (χ3v) is 3.51. The third kappa shape index (κ3) is 1.78. The number of rotatable bonds is 1. The third-order valence-electron chi connectivity index (χ3n) is 3.51. The molecule has 1 amide bonds. The van der Waals surface area contributed by atoms with Crippen LogP contribution >= 0.6 is 0 Å². The number of aromatic nitrogens is 2. The number of nitrogen functional groups attached to an aromatic ring is 1. The maximum absolute atomic E-state index is 12.6. The summed E-state index contributed by atoms with van der Waals surface area (Å²) in [6, 6.07) is 5.78. The molecule has 0 radical (unpaired) electrons. The predicted octanol–water partition coefficient (Wildman–Crippen LogP) is 1.51. The van der Waals surface area contributed by atoms with E-state index in [0.717, 1.165) is 23.4 Å². The topological polar surface area (TPSA) is 64.2 Å². The number of hydrogen-bond donors (Lipinski definition) is 1. The van der Waals surface area contributed by atoms with Crippen molar-refractivity contribution in [3.63, 3.8) is 0 Å². The van der Waals surface area contributed by atoms with E-state index in [9.17, 15) is 4.79 Å². The van der Waals surface area contributed by atoms with Crippen molar-refractivity contribution >= 4 is 17.3 Å². The molecule has 19 heavy (non-hydrogen) atoms. The maximum atomic E-state index is 12.6. The number of fused-ring (bicyclic) bond motifs is 1. The van der Waals surface area contributed by atoms with Gasteiger partial charge in [0.2, 0.25) is 0 Å². The zero-order chi connectivity index (χ0) is 13.6. The van der Waals surface area contributed by atoms with Gasteiger partial charge in [-0.3, -0.25) is 9.48 Å². The van der Waals surface area contributed by atoms with Gasteiger partial charge in [0.05, 0.1) is 22.6 Å². The molecule has 0 unspecified atom stereocenters. The van der Waals surface area contributed by atoms with Crippen molar-refractivity contribution in [3.05, 3.63) is 41.2 Å². The molecule has 0 aliphatic carbocycles. The Morgan fingerprint density at radius 2 is 2.21 bits per heavy atom. The van der Waals surface area contributed by atoms with Gasteiger partial charge in [0.15, 0.2) is 0 Å². The number of anilines is 2. The SMILES string of the molecule is Cc1nn(C)cc1C(=O)N1CCc2cccc(N)c21.